The first-order chi connectivity index (χ1) is 8.72. The Labute approximate surface area is 107 Å². The Morgan fingerprint density at radius 3 is 2.89 bits per heavy atom. The summed E-state index contributed by atoms with van der Waals surface area (Å²) in [5.41, 5.74) is 2.02. The summed E-state index contributed by atoms with van der Waals surface area (Å²) in [6, 6.07) is 8.06. The second-order valence-electron chi connectivity index (χ2n) is 4.43. The average Bonchev–Trinajstić information content (AvgIpc) is 2.67. The minimum Gasteiger partial charge on any atom is -0.348 e. The van der Waals surface area contributed by atoms with Crippen LogP contribution in [-0.2, 0) is 11.8 Å². The fourth-order valence-corrected chi connectivity index (χ4v) is 2.08. The number of hydrogen-bond acceptors (Lipinski definition) is 2. The van der Waals surface area contributed by atoms with Gasteiger partial charge in [-0.2, -0.15) is 0 Å². The van der Waals surface area contributed by atoms with Gasteiger partial charge in [-0.3, -0.25) is 4.79 Å². The molecule has 4 heteroatoms. The van der Waals surface area contributed by atoms with Gasteiger partial charge in [-0.05, 0) is 26.1 Å². The van der Waals surface area contributed by atoms with Crippen molar-refractivity contribution >= 4 is 22.5 Å². The molecule has 4 nitrogen and oxygen atoms in total. The molecule has 2 rings (SSSR count). The first-order valence-electron chi connectivity index (χ1n) is 6.21. The van der Waals surface area contributed by atoms with Crippen LogP contribution >= 0.6 is 0 Å². The SMILES string of the molecule is CNCCCC(=O)Nc1cn(C)c2ccccc12. The van der Waals surface area contributed by atoms with Crippen LogP contribution in [0.15, 0.2) is 30.5 Å². The number of fused-ring (bicyclic) bond motifs is 1. The van der Waals surface area contributed by atoms with Crippen LogP contribution in [-0.4, -0.2) is 24.1 Å². The zero-order valence-corrected chi connectivity index (χ0v) is 10.9. The third-order valence-electron chi connectivity index (χ3n) is 3.00. The highest BCUT2D eigenvalue weighted by molar-refractivity contribution is 6.01. The van der Waals surface area contributed by atoms with Crippen molar-refractivity contribution in [3.8, 4) is 0 Å². The number of nitrogens with zero attached hydrogens (tertiary/aromatic N) is 1. The van der Waals surface area contributed by atoms with E-state index in [0.717, 1.165) is 29.6 Å². The average molecular weight is 245 g/mol. The first-order valence-corrected chi connectivity index (χ1v) is 6.21. The summed E-state index contributed by atoms with van der Waals surface area (Å²) in [7, 11) is 3.88. The summed E-state index contributed by atoms with van der Waals surface area (Å²) in [6.45, 7) is 0.864. The molecule has 1 amide bonds. The van der Waals surface area contributed by atoms with E-state index in [2.05, 4.69) is 10.6 Å². The van der Waals surface area contributed by atoms with E-state index in [4.69, 9.17) is 0 Å². The molecule has 0 saturated heterocycles. The second kappa shape index (κ2) is 5.69. The van der Waals surface area contributed by atoms with Gasteiger partial charge in [-0.25, -0.2) is 0 Å². The molecule has 0 spiro atoms. The van der Waals surface area contributed by atoms with Crippen molar-refractivity contribution in [2.45, 2.75) is 12.8 Å². The van der Waals surface area contributed by atoms with Gasteiger partial charge in [0, 0.05) is 30.6 Å². The molecule has 0 aliphatic carbocycles. The van der Waals surface area contributed by atoms with Crippen molar-refractivity contribution in [3.05, 3.63) is 30.5 Å². The molecule has 1 aromatic heterocycles. The number of hydrogen-bond donors (Lipinski definition) is 2. The van der Waals surface area contributed by atoms with Crippen LogP contribution in [0.25, 0.3) is 10.9 Å². The predicted molar refractivity (Wildman–Crippen MR) is 74.7 cm³/mol. The highest BCUT2D eigenvalue weighted by atomic mass is 16.1. The minimum absolute atomic E-state index is 0.0709. The fourth-order valence-electron chi connectivity index (χ4n) is 2.08. The summed E-state index contributed by atoms with van der Waals surface area (Å²) < 4.78 is 2.03. The molecule has 0 atom stereocenters. The smallest absolute Gasteiger partial charge is 0.224 e. The van der Waals surface area contributed by atoms with Crippen molar-refractivity contribution in [2.75, 3.05) is 18.9 Å². The van der Waals surface area contributed by atoms with Crippen LogP contribution < -0.4 is 10.6 Å². The second-order valence-corrected chi connectivity index (χ2v) is 4.43. The molecule has 1 aromatic carbocycles. The Kier molecular flexibility index (Phi) is 3.99. The number of para-hydroxylation sites is 1. The summed E-state index contributed by atoms with van der Waals surface area (Å²) in [4.78, 5) is 11.8. The standard InChI is InChI=1S/C14H19N3O/c1-15-9-5-8-14(18)16-12-10-17(2)13-7-4-3-6-11(12)13/h3-4,6-7,10,15H,5,8-9H2,1-2H3,(H,16,18). The third-order valence-corrected chi connectivity index (χ3v) is 3.00. The van der Waals surface area contributed by atoms with Crippen molar-refractivity contribution < 1.29 is 4.79 Å². The molecule has 0 aliphatic heterocycles. The topological polar surface area (TPSA) is 46.1 Å². The molecule has 96 valence electrons. The number of carbonyl (C=O) groups is 1. The largest absolute Gasteiger partial charge is 0.348 e. The zero-order valence-electron chi connectivity index (χ0n) is 10.9. The maximum atomic E-state index is 11.8. The van der Waals surface area contributed by atoms with Crippen LogP contribution in [0.3, 0.4) is 0 Å². The summed E-state index contributed by atoms with van der Waals surface area (Å²) in [6.07, 6.45) is 3.36. The van der Waals surface area contributed by atoms with Gasteiger partial charge in [-0.1, -0.05) is 18.2 Å². The van der Waals surface area contributed by atoms with Crippen LogP contribution in [0, 0.1) is 0 Å². The van der Waals surface area contributed by atoms with E-state index in [-0.39, 0.29) is 5.91 Å². The van der Waals surface area contributed by atoms with E-state index in [1.54, 1.807) is 0 Å². The Balaban J connectivity index is 2.10. The van der Waals surface area contributed by atoms with E-state index in [1.165, 1.54) is 0 Å². The van der Waals surface area contributed by atoms with E-state index in [1.807, 2.05) is 49.1 Å². The van der Waals surface area contributed by atoms with Crippen molar-refractivity contribution in [3.63, 3.8) is 0 Å². The van der Waals surface area contributed by atoms with Gasteiger partial charge in [0.05, 0.1) is 5.69 Å². The molecule has 1 heterocycles. The number of nitrogens with one attached hydrogen (secondary N) is 2. The van der Waals surface area contributed by atoms with Gasteiger partial charge in [0.2, 0.25) is 5.91 Å². The predicted octanol–water partition coefficient (Wildman–Crippen LogP) is 2.12. The molecule has 0 bridgehead atoms. The van der Waals surface area contributed by atoms with Crippen molar-refractivity contribution in [2.24, 2.45) is 7.05 Å². The first kappa shape index (κ1) is 12.6. The van der Waals surface area contributed by atoms with Crippen LogP contribution in [0.2, 0.25) is 0 Å². The highest BCUT2D eigenvalue weighted by Gasteiger charge is 2.08. The third kappa shape index (κ3) is 2.71. The van der Waals surface area contributed by atoms with Gasteiger partial charge in [0.15, 0.2) is 0 Å². The molecule has 0 aliphatic rings. The van der Waals surface area contributed by atoms with Gasteiger partial charge in [-0.15, -0.1) is 0 Å². The number of carbonyl (C=O) groups excluding carboxylic acids is 1. The summed E-state index contributed by atoms with van der Waals surface area (Å²) >= 11 is 0. The lowest BCUT2D eigenvalue weighted by atomic mass is 10.2. The maximum Gasteiger partial charge on any atom is 0.224 e. The quantitative estimate of drug-likeness (QED) is 0.793. The fraction of sp³-hybridized carbons (Fsp3) is 0.357. The number of anilines is 1. The molecule has 0 saturated carbocycles. The van der Waals surface area contributed by atoms with E-state index >= 15 is 0 Å². The molecule has 2 N–H and O–H groups in total. The lowest BCUT2D eigenvalue weighted by molar-refractivity contribution is -0.116. The zero-order chi connectivity index (χ0) is 13.0. The normalized spacial score (nSPS) is 10.8. The van der Waals surface area contributed by atoms with Crippen molar-refractivity contribution in [1.29, 1.82) is 0 Å². The lowest BCUT2D eigenvalue weighted by Crippen LogP contribution is -2.15. The minimum atomic E-state index is 0.0709. The lowest BCUT2D eigenvalue weighted by Gasteiger charge is -2.03. The van der Waals surface area contributed by atoms with Gasteiger partial charge >= 0.3 is 0 Å². The van der Waals surface area contributed by atoms with Gasteiger partial charge in [0.1, 0.15) is 0 Å². The molecule has 2 aromatic rings. The summed E-state index contributed by atoms with van der Waals surface area (Å²) in [5, 5.41) is 7.10. The van der Waals surface area contributed by atoms with E-state index in [0.29, 0.717) is 6.42 Å². The van der Waals surface area contributed by atoms with E-state index < -0.39 is 0 Å². The highest BCUT2D eigenvalue weighted by Crippen LogP contribution is 2.24. The van der Waals surface area contributed by atoms with Gasteiger partial charge in [0.25, 0.3) is 0 Å². The van der Waals surface area contributed by atoms with E-state index in [9.17, 15) is 4.79 Å². The Morgan fingerprint density at radius 1 is 1.33 bits per heavy atom. The number of rotatable bonds is 5. The Hall–Kier alpha value is -1.81. The number of aryl methyl sites for hydroxylation is 1. The Bertz CT molecular complexity index is 545. The van der Waals surface area contributed by atoms with Crippen LogP contribution in [0.5, 0.6) is 0 Å². The van der Waals surface area contributed by atoms with Crippen molar-refractivity contribution in [1.82, 2.24) is 9.88 Å². The van der Waals surface area contributed by atoms with Crippen LogP contribution in [0.4, 0.5) is 5.69 Å². The maximum absolute atomic E-state index is 11.8. The number of amides is 1. The molecule has 0 radical (unpaired) electrons. The molecule has 18 heavy (non-hydrogen) atoms. The Morgan fingerprint density at radius 2 is 2.11 bits per heavy atom. The molecular formula is C14H19N3O. The molecular weight excluding hydrogens is 226 g/mol. The van der Waals surface area contributed by atoms with Crippen LogP contribution in [0.1, 0.15) is 12.8 Å². The monoisotopic (exact) mass is 245 g/mol. The number of benzene rings is 1. The number of aromatic nitrogens is 1. The van der Waals surface area contributed by atoms with Gasteiger partial charge < -0.3 is 15.2 Å². The summed E-state index contributed by atoms with van der Waals surface area (Å²) in [5.74, 6) is 0.0709. The molecule has 0 unspecified atom stereocenters. The molecule has 0 fully saturated rings.